The van der Waals surface area contributed by atoms with Crippen LogP contribution in [-0.2, 0) is 0 Å². The highest BCUT2D eigenvalue weighted by atomic mass is 32.2. The van der Waals surface area contributed by atoms with E-state index in [-0.39, 0.29) is 0 Å². The fourth-order valence-electron chi connectivity index (χ4n) is 0.837. The summed E-state index contributed by atoms with van der Waals surface area (Å²) in [6, 6.07) is 0. The molecular formula is C8H14N2S2. The third kappa shape index (κ3) is 2.77. The summed E-state index contributed by atoms with van der Waals surface area (Å²) >= 11 is 3.47. The smallest absolute Gasteiger partial charge is 0.165 e. The number of hydrogen-bond donors (Lipinski definition) is 0. The Morgan fingerprint density at radius 2 is 2.17 bits per heavy atom. The lowest BCUT2D eigenvalue weighted by molar-refractivity contribution is 0.524. The summed E-state index contributed by atoms with van der Waals surface area (Å²) in [4.78, 5) is 4.39. The number of nitrogens with zero attached hydrogens (tertiary/aromatic N) is 2. The van der Waals surface area contributed by atoms with Crippen LogP contribution in [0.2, 0.25) is 0 Å². The Kier molecular flexibility index (Phi) is 4.05. The fraction of sp³-hybridized carbons (Fsp3) is 0.625. The molecule has 1 aromatic heterocycles. The molecule has 0 aliphatic carbocycles. The van der Waals surface area contributed by atoms with Gasteiger partial charge in [-0.3, -0.25) is 0 Å². The Morgan fingerprint density at radius 3 is 2.58 bits per heavy atom. The summed E-state index contributed by atoms with van der Waals surface area (Å²) in [7, 11) is 0. The molecule has 0 aliphatic heterocycles. The second kappa shape index (κ2) is 4.84. The van der Waals surface area contributed by atoms with Crippen molar-refractivity contribution in [1.82, 2.24) is 9.29 Å². The number of aryl methyl sites for hydroxylation is 1. The average molecular weight is 202 g/mol. The molecule has 0 spiro atoms. The molecule has 0 aliphatic rings. The summed E-state index contributed by atoms with van der Waals surface area (Å²) in [6.45, 7) is 8.50. The Hall–Kier alpha value is -0.0600. The van der Waals surface area contributed by atoms with Crippen LogP contribution in [0.4, 0.5) is 0 Å². The standard InChI is InChI=1S/C8H14N2S2/c1-4-10(5-2)12-8-9-7(3)6-11-8/h6H,4-5H2,1-3H3. The molecule has 1 rings (SSSR count). The van der Waals surface area contributed by atoms with Crippen LogP contribution in [-0.4, -0.2) is 22.4 Å². The average Bonchev–Trinajstić information content (AvgIpc) is 2.47. The molecule has 0 bridgehead atoms. The monoisotopic (exact) mass is 202 g/mol. The quantitative estimate of drug-likeness (QED) is 0.698. The summed E-state index contributed by atoms with van der Waals surface area (Å²) in [5, 5.41) is 2.09. The maximum atomic E-state index is 4.39. The zero-order valence-electron chi connectivity index (χ0n) is 7.70. The van der Waals surface area contributed by atoms with E-state index in [0.717, 1.165) is 23.1 Å². The molecule has 0 saturated heterocycles. The van der Waals surface area contributed by atoms with Crippen molar-refractivity contribution in [1.29, 1.82) is 0 Å². The van der Waals surface area contributed by atoms with Crippen LogP contribution in [0, 0.1) is 6.92 Å². The first kappa shape index (κ1) is 10.0. The molecule has 12 heavy (non-hydrogen) atoms. The van der Waals surface area contributed by atoms with Gasteiger partial charge < -0.3 is 0 Å². The van der Waals surface area contributed by atoms with E-state index in [2.05, 4.69) is 28.5 Å². The summed E-state index contributed by atoms with van der Waals surface area (Å²) < 4.78 is 3.44. The van der Waals surface area contributed by atoms with Crippen LogP contribution in [0.25, 0.3) is 0 Å². The number of thiazole rings is 1. The number of hydrogen-bond acceptors (Lipinski definition) is 4. The topological polar surface area (TPSA) is 16.1 Å². The predicted molar refractivity (Wildman–Crippen MR) is 55.6 cm³/mol. The van der Waals surface area contributed by atoms with Crippen molar-refractivity contribution in [3.63, 3.8) is 0 Å². The highest BCUT2D eigenvalue weighted by molar-refractivity contribution is 7.98. The maximum Gasteiger partial charge on any atom is 0.165 e. The van der Waals surface area contributed by atoms with Crippen LogP contribution >= 0.6 is 23.3 Å². The second-order valence-electron chi connectivity index (χ2n) is 2.46. The zero-order chi connectivity index (χ0) is 8.97. The van der Waals surface area contributed by atoms with Crippen LogP contribution in [0.5, 0.6) is 0 Å². The first-order valence-electron chi connectivity index (χ1n) is 4.11. The normalized spacial score (nSPS) is 11.0. The van der Waals surface area contributed by atoms with Crippen molar-refractivity contribution in [3.8, 4) is 0 Å². The van der Waals surface area contributed by atoms with Gasteiger partial charge in [-0.1, -0.05) is 13.8 Å². The lowest BCUT2D eigenvalue weighted by Gasteiger charge is -2.13. The van der Waals surface area contributed by atoms with Gasteiger partial charge >= 0.3 is 0 Å². The molecular weight excluding hydrogens is 188 g/mol. The minimum atomic E-state index is 1.07. The highest BCUT2D eigenvalue weighted by Gasteiger charge is 2.04. The Morgan fingerprint density at radius 1 is 1.50 bits per heavy atom. The van der Waals surface area contributed by atoms with Gasteiger partial charge in [-0.15, -0.1) is 11.3 Å². The largest absolute Gasteiger partial charge is 0.245 e. The van der Waals surface area contributed by atoms with E-state index in [0.29, 0.717) is 0 Å². The molecule has 1 heterocycles. The molecule has 0 saturated carbocycles. The molecule has 2 nitrogen and oxygen atoms in total. The molecule has 0 N–H and O–H groups in total. The lowest BCUT2D eigenvalue weighted by Crippen LogP contribution is -2.13. The van der Waals surface area contributed by atoms with Gasteiger partial charge in [0.05, 0.1) is 0 Å². The summed E-state index contributed by atoms with van der Waals surface area (Å²) in [5.41, 5.74) is 1.12. The first-order valence-corrected chi connectivity index (χ1v) is 5.76. The van der Waals surface area contributed by atoms with Crippen LogP contribution in [0.15, 0.2) is 9.72 Å². The van der Waals surface area contributed by atoms with E-state index < -0.39 is 0 Å². The molecule has 0 radical (unpaired) electrons. The lowest BCUT2D eigenvalue weighted by atomic mass is 10.6. The van der Waals surface area contributed by atoms with Gasteiger partial charge in [-0.2, -0.15) is 0 Å². The van der Waals surface area contributed by atoms with Gasteiger partial charge in [-0.25, -0.2) is 9.29 Å². The van der Waals surface area contributed by atoms with Gasteiger partial charge in [0.1, 0.15) is 0 Å². The Balaban J connectivity index is 2.50. The molecule has 0 aromatic carbocycles. The van der Waals surface area contributed by atoms with Gasteiger partial charge in [0.15, 0.2) is 4.34 Å². The Bertz CT molecular complexity index is 231. The van der Waals surface area contributed by atoms with E-state index in [4.69, 9.17) is 0 Å². The van der Waals surface area contributed by atoms with E-state index in [9.17, 15) is 0 Å². The van der Waals surface area contributed by atoms with Crippen LogP contribution in [0.1, 0.15) is 19.5 Å². The zero-order valence-corrected chi connectivity index (χ0v) is 9.34. The predicted octanol–water partition coefficient (Wildman–Crippen LogP) is 2.80. The van der Waals surface area contributed by atoms with Crippen molar-refractivity contribution >= 4 is 23.3 Å². The summed E-state index contributed by atoms with van der Waals surface area (Å²) in [5.74, 6) is 0. The molecule has 0 unspecified atom stereocenters. The van der Waals surface area contributed by atoms with Crippen molar-refractivity contribution in [3.05, 3.63) is 11.1 Å². The first-order chi connectivity index (χ1) is 5.76. The fourth-order valence-corrected chi connectivity index (χ4v) is 2.65. The second-order valence-corrected chi connectivity index (χ2v) is 4.66. The van der Waals surface area contributed by atoms with Crippen molar-refractivity contribution in [2.24, 2.45) is 0 Å². The molecule has 1 aromatic rings. The third-order valence-corrected chi connectivity index (χ3v) is 3.80. The molecule has 68 valence electrons. The third-order valence-electron chi connectivity index (χ3n) is 1.51. The van der Waals surface area contributed by atoms with Gasteiger partial charge in [0.25, 0.3) is 0 Å². The van der Waals surface area contributed by atoms with Gasteiger partial charge in [-0.05, 0) is 18.9 Å². The van der Waals surface area contributed by atoms with Crippen molar-refractivity contribution < 1.29 is 0 Å². The minimum Gasteiger partial charge on any atom is -0.245 e. The highest BCUT2D eigenvalue weighted by Crippen LogP contribution is 2.25. The minimum absolute atomic E-state index is 1.07. The number of aromatic nitrogens is 1. The van der Waals surface area contributed by atoms with Crippen molar-refractivity contribution in [2.75, 3.05) is 13.1 Å². The molecule has 0 atom stereocenters. The summed E-state index contributed by atoms with van der Waals surface area (Å²) in [6.07, 6.45) is 0. The van der Waals surface area contributed by atoms with E-state index in [1.54, 1.807) is 23.3 Å². The molecule has 4 heteroatoms. The molecule has 0 fully saturated rings. The molecule has 0 amide bonds. The Labute approximate surface area is 82.1 Å². The maximum absolute atomic E-state index is 4.39. The van der Waals surface area contributed by atoms with E-state index in [1.807, 2.05) is 6.92 Å². The van der Waals surface area contributed by atoms with E-state index >= 15 is 0 Å². The van der Waals surface area contributed by atoms with Crippen molar-refractivity contribution in [2.45, 2.75) is 25.1 Å². The van der Waals surface area contributed by atoms with E-state index in [1.165, 1.54) is 0 Å². The van der Waals surface area contributed by atoms with Gasteiger partial charge in [0.2, 0.25) is 0 Å². The van der Waals surface area contributed by atoms with Gasteiger partial charge in [0, 0.05) is 24.2 Å². The SMILES string of the molecule is CCN(CC)Sc1nc(C)cs1. The van der Waals surface area contributed by atoms with Crippen LogP contribution < -0.4 is 0 Å². The van der Waals surface area contributed by atoms with Crippen LogP contribution in [0.3, 0.4) is 0 Å². The number of rotatable bonds is 4.